The monoisotopic (exact) mass is 428 g/mol. The van der Waals surface area contributed by atoms with Gasteiger partial charge in [-0.1, -0.05) is 18.2 Å². The quantitative estimate of drug-likeness (QED) is 0.503. The molecule has 1 aliphatic rings. The van der Waals surface area contributed by atoms with Crippen molar-refractivity contribution in [1.29, 1.82) is 0 Å². The second kappa shape index (κ2) is 8.63. The van der Waals surface area contributed by atoms with Crippen LogP contribution in [0.25, 0.3) is 11.0 Å². The van der Waals surface area contributed by atoms with Crippen molar-refractivity contribution in [2.24, 2.45) is 0 Å². The molecule has 0 atom stereocenters. The summed E-state index contributed by atoms with van der Waals surface area (Å²) in [5.41, 5.74) is 3.03. The fourth-order valence-electron chi connectivity index (χ4n) is 3.95. The number of benzene rings is 2. The standard InChI is InChI=1S/C25H24N4O3/c1-31-20-9-7-18(8-10-20)26-24-21-11-16-32-23(21)17-22(27-24)25(30)29-14-12-28(13-15-29)19-5-3-2-4-6-19/h2-11,16-17H,12-15H2,1H3,(H,26,27). The molecule has 5 rings (SSSR count). The summed E-state index contributed by atoms with van der Waals surface area (Å²) in [6.45, 7) is 2.87. The summed E-state index contributed by atoms with van der Waals surface area (Å²) >= 11 is 0. The minimum absolute atomic E-state index is 0.0891. The third-order valence-corrected chi connectivity index (χ3v) is 5.71. The lowest BCUT2D eigenvalue weighted by molar-refractivity contribution is 0.0741. The Labute approximate surface area is 186 Å². The number of hydrogen-bond donors (Lipinski definition) is 1. The van der Waals surface area contributed by atoms with Crippen molar-refractivity contribution in [3.05, 3.63) is 78.7 Å². The second-order valence-corrected chi connectivity index (χ2v) is 7.66. The minimum Gasteiger partial charge on any atom is -0.497 e. The molecule has 0 bridgehead atoms. The van der Waals surface area contributed by atoms with Gasteiger partial charge >= 0.3 is 0 Å². The van der Waals surface area contributed by atoms with E-state index in [-0.39, 0.29) is 5.91 Å². The molecule has 2 aromatic heterocycles. The molecule has 1 N–H and O–H groups in total. The van der Waals surface area contributed by atoms with Gasteiger partial charge in [-0.05, 0) is 42.5 Å². The van der Waals surface area contributed by atoms with E-state index in [4.69, 9.17) is 9.15 Å². The summed E-state index contributed by atoms with van der Waals surface area (Å²) in [4.78, 5) is 22.1. The highest BCUT2D eigenvalue weighted by molar-refractivity contribution is 5.99. The molecule has 4 aromatic rings. The highest BCUT2D eigenvalue weighted by Crippen LogP contribution is 2.28. The number of carbonyl (C=O) groups excluding carboxylic acids is 1. The largest absolute Gasteiger partial charge is 0.497 e. The average Bonchev–Trinajstić information content (AvgIpc) is 3.34. The smallest absolute Gasteiger partial charge is 0.272 e. The van der Waals surface area contributed by atoms with Gasteiger partial charge in [0.2, 0.25) is 0 Å². The molecule has 0 spiro atoms. The molecule has 0 saturated carbocycles. The molecule has 3 heterocycles. The maximum Gasteiger partial charge on any atom is 0.272 e. The molecular weight excluding hydrogens is 404 g/mol. The number of nitrogens with zero attached hydrogens (tertiary/aromatic N) is 3. The summed E-state index contributed by atoms with van der Waals surface area (Å²) in [6, 6.07) is 21.4. The Balaban J connectivity index is 1.35. The average molecular weight is 428 g/mol. The zero-order valence-electron chi connectivity index (χ0n) is 17.8. The topological polar surface area (TPSA) is 70.8 Å². The van der Waals surface area contributed by atoms with E-state index >= 15 is 0 Å². The van der Waals surface area contributed by atoms with Crippen molar-refractivity contribution >= 4 is 34.1 Å². The Morgan fingerprint density at radius 2 is 1.75 bits per heavy atom. The number of carbonyl (C=O) groups is 1. The third kappa shape index (κ3) is 3.97. The normalized spacial score (nSPS) is 13.9. The SMILES string of the molecule is COc1ccc(Nc2nc(C(=O)N3CCN(c4ccccc4)CC3)cc3occc23)cc1. The Morgan fingerprint density at radius 3 is 2.47 bits per heavy atom. The number of rotatable bonds is 5. The predicted molar refractivity (Wildman–Crippen MR) is 125 cm³/mol. The van der Waals surface area contributed by atoms with Crippen LogP contribution in [0.1, 0.15) is 10.5 Å². The van der Waals surface area contributed by atoms with Crippen molar-refractivity contribution in [3.8, 4) is 5.75 Å². The summed E-state index contributed by atoms with van der Waals surface area (Å²) in [6.07, 6.45) is 1.61. The zero-order chi connectivity index (χ0) is 21.9. The van der Waals surface area contributed by atoms with Crippen LogP contribution >= 0.6 is 0 Å². The maximum atomic E-state index is 13.3. The van der Waals surface area contributed by atoms with E-state index in [1.54, 1.807) is 19.4 Å². The number of para-hydroxylation sites is 1. The molecule has 2 aromatic carbocycles. The van der Waals surface area contributed by atoms with Crippen LogP contribution in [0.15, 0.2) is 77.4 Å². The summed E-state index contributed by atoms with van der Waals surface area (Å²) in [5, 5.41) is 4.13. The van der Waals surface area contributed by atoms with Gasteiger partial charge < -0.3 is 24.3 Å². The van der Waals surface area contributed by atoms with Crippen LogP contribution in [-0.2, 0) is 0 Å². The van der Waals surface area contributed by atoms with E-state index in [0.717, 1.165) is 29.9 Å². The Hall–Kier alpha value is -4.00. The number of ether oxygens (including phenoxy) is 1. The van der Waals surface area contributed by atoms with Crippen LogP contribution in [0.4, 0.5) is 17.2 Å². The van der Waals surface area contributed by atoms with Crippen LogP contribution in [0.2, 0.25) is 0 Å². The Morgan fingerprint density at radius 1 is 1.00 bits per heavy atom. The van der Waals surface area contributed by atoms with Gasteiger partial charge in [0, 0.05) is 43.6 Å². The molecule has 1 saturated heterocycles. The molecule has 0 aliphatic carbocycles. The van der Waals surface area contributed by atoms with Crippen molar-refractivity contribution in [3.63, 3.8) is 0 Å². The lowest BCUT2D eigenvalue weighted by atomic mass is 10.2. The summed E-state index contributed by atoms with van der Waals surface area (Å²) < 4.78 is 10.8. The van der Waals surface area contributed by atoms with E-state index in [0.29, 0.717) is 30.2 Å². The first-order chi connectivity index (χ1) is 15.7. The number of methoxy groups -OCH3 is 1. The van der Waals surface area contributed by atoms with Gasteiger partial charge in [-0.15, -0.1) is 0 Å². The Bertz CT molecular complexity index is 1210. The number of piperazine rings is 1. The van der Waals surface area contributed by atoms with E-state index in [9.17, 15) is 4.79 Å². The molecule has 1 fully saturated rings. The van der Waals surface area contributed by atoms with Crippen LogP contribution < -0.4 is 15.0 Å². The van der Waals surface area contributed by atoms with E-state index in [2.05, 4.69) is 27.3 Å². The van der Waals surface area contributed by atoms with Crippen LogP contribution in [-0.4, -0.2) is 49.1 Å². The predicted octanol–water partition coefficient (Wildman–Crippen LogP) is 4.54. The number of amides is 1. The number of nitrogens with one attached hydrogen (secondary N) is 1. The number of fused-ring (bicyclic) bond motifs is 1. The highest BCUT2D eigenvalue weighted by Gasteiger charge is 2.24. The van der Waals surface area contributed by atoms with E-state index in [1.165, 1.54) is 5.69 Å². The van der Waals surface area contributed by atoms with Crippen molar-refractivity contribution in [2.75, 3.05) is 43.5 Å². The molecular formula is C25H24N4O3. The maximum absolute atomic E-state index is 13.3. The summed E-state index contributed by atoms with van der Waals surface area (Å²) in [7, 11) is 1.63. The van der Waals surface area contributed by atoms with Crippen LogP contribution in [0.5, 0.6) is 5.75 Å². The zero-order valence-corrected chi connectivity index (χ0v) is 17.8. The molecule has 7 heteroatoms. The first-order valence-electron chi connectivity index (χ1n) is 10.6. The molecule has 0 radical (unpaired) electrons. The van der Waals surface area contributed by atoms with Gasteiger partial charge in [-0.3, -0.25) is 4.79 Å². The van der Waals surface area contributed by atoms with Gasteiger partial charge in [0.1, 0.15) is 22.8 Å². The van der Waals surface area contributed by atoms with Crippen molar-refractivity contribution in [1.82, 2.24) is 9.88 Å². The van der Waals surface area contributed by atoms with Crippen molar-refractivity contribution < 1.29 is 13.9 Å². The first-order valence-corrected chi connectivity index (χ1v) is 10.6. The fraction of sp³-hybridized carbons (Fsp3) is 0.200. The molecule has 1 aliphatic heterocycles. The minimum atomic E-state index is -0.0891. The first kappa shape index (κ1) is 19.9. The number of anilines is 3. The molecule has 7 nitrogen and oxygen atoms in total. The van der Waals surface area contributed by atoms with E-state index < -0.39 is 0 Å². The number of hydrogen-bond acceptors (Lipinski definition) is 6. The number of furan rings is 1. The van der Waals surface area contributed by atoms with Crippen LogP contribution in [0.3, 0.4) is 0 Å². The van der Waals surface area contributed by atoms with Gasteiger partial charge in [0.15, 0.2) is 0 Å². The number of aromatic nitrogens is 1. The van der Waals surface area contributed by atoms with Gasteiger partial charge in [0.25, 0.3) is 5.91 Å². The fourth-order valence-corrected chi connectivity index (χ4v) is 3.95. The molecule has 32 heavy (non-hydrogen) atoms. The second-order valence-electron chi connectivity index (χ2n) is 7.66. The number of pyridine rings is 1. The van der Waals surface area contributed by atoms with Crippen LogP contribution in [0, 0.1) is 0 Å². The van der Waals surface area contributed by atoms with Gasteiger partial charge in [-0.2, -0.15) is 0 Å². The summed E-state index contributed by atoms with van der Waals surface area (Å²) in [5.74, 6) is 1.28. The van der Waals surface area contributed by atoms with Gasteiger partial charge in [0.05, 0.1) is 18.8 Å². The lowest BCUT2D eigenvalue weighted by Gasteiger charge is -2.36. The molecule has 1 amide bonds. The molecule has 0 unspecified atom stereocenters. The van der Waals surface area contributed by atoms with E-state index in [1.807, 2.05) is 53.4 Å². The van der Waals surface area contributed by atoms with Crippen molar-refractivity contribution in [2.45, 2.75) is 0 Å². The molecule has 162 valence electrons. The lowest BCUT2D eigenvalue weighted by Crippen LogP contribution is -2.49. The Kier molecular flexibility index (Phi) is 5.37. The highest BCUT2D eigenvalue weighted by atomic mass is 16.5. The third-order valence-electron chi connectivity index (χ3n) is 5.71. The van der Waals surface area contributed by atoms with Gasteiger partial charge in [-0.25, -0.2) is 4.98 Å².